The third-order valence-corrected chi connectivity index (χ3v) is 5.31. The van der Waals surface area contributed by atoms with Gasteiger partial charge >= 0.3 is 0 Å². The van der Waals surface area contributed by atoms with Gasteiger partial charge in [-0.2, -0.15) is 5.10 Å². The van der Waals surface area contributed by atoms with Gasteiger partial charge in [0.1, 0.15) is 0 Å². The van der Waals surface area contributed by atoms with Crippen molar-refractivity contribution in [3.05, 3.63) is 18.0 Å². The number of aromatic nitrogens is 2. The molecule has 3 atom stereocenters. The monoisotopic (exact) mass is 356 g/mol. The quantitative estimate of drug-likeness (QED) is 0.838. The fraction of sp³-hybridized carbons (Fsp3) is 0.765. The zero-order valence-corrected chi connectivity index (χ0v) is 15.3. The Morgan fingerprint density at radius 2 is 2.21 bits per heavy atom. The minimum atomic E-state index is -0.00640. The van der Waals surface area contributed by atoms with Crippen molar-refractivity contribution in [2.75, 3.05) is 26.3 Å². The minimum absolute atomic E-state index is 0. The second-order valence-corrected chi connectivity index (χ2v) is 6.79. The van der Waals surface area contributed by atoms with Gasteiger partial charge in [-0.3, -0.25) is 9.48 Å². The summed E-state index contributed by atoms with van der Waals surface area (Å²) in [4.78, 5) is 12.8. The molecule has 0 aromatic carbocycles. The zero-order chi connectivity index (χ0) is 16.2. The Bertz CT molecular complexity index is 530. The van der Waals surface area contributed by atoms with Crippen LogP contribution in [0.5, 0.6) is 0 Å². The van der Waals surface area contributed by atoms with Crippen LogP contribution in [0, 0.1) is 11.8 Å². The van der Waals surface area contributed by atoms with Crippen LogP contribution in [0.3, 0.4) is 0 Å². The van der Waals surface area contributed by atoms with Crippen LogP contribution in [0.2, 0.25) is 0 Å². The molecule has 24 heavy (non-hydrogen) atoms. The van der Waals surface area contributed by atoms with E-state index in [4.69, 9.17) is 4.74 Å². The molecule has 2 N–H and O–H groups in total. The van der Waals surface area contributed by atoms with Gasteiger partial charge in [0.25, 0.3) is 0 Å². The summed E-state index contributed by atoms with van der Waals surface area (Å²) in [5, 5.41) is 10.9. The molecule has 1 aromatic heterocycles. The average molecular weight is 357 g/mol. The van der Waals surface area contributed by atoms with Crippen LogP contribution in [-0.4, -0.2) is 48.0 Å². The molecule has 0 spiro atoms. The maximum Gasteiger partial charge on any atom is 0.225 e. The summed E-state index contributed by atoms with van der Waals surface area (Å²) < 4.78 is 7.25. The Hall–Kier alpha value is -1.11. The van der Waals surface area contributed by atoms with Gasteiger partial charge in [0.05, 0.1) is 12.1 Å². The highest BCUT2D eigenvalue weighted by molar-refractivity contribution is 5.85. The van der Waals surface area contributed by atoms with Crippen molar-refractivity contribution in [1.29, 1.82) is 0 Å². The lowest BCUT2D eigenvalue weighted by molar-refractivity contribution is -0.126. The highest BCUT2D eigenvalue weighted by atomic mass is 35.5. The van der Waals surface area contributed by atoms with Crippen LogP contribution >= 0.6 is 12.4 Å². The number of nitrogens with one attached hydrogen (secondary N) is 2. The third-order valence-electron chi connectivity index (χ3n) is 5.31. The minimum Gasteiger partial charge on any atom is -0.381 e. The number of aryl methyl sites for hydroxylation is 1. The van der Waals surface area contributed by atoms with E-state index in [9.17, 15) is 4.79 Å². The molecular formula is C17H29ClN4O2. The lowest BCUT2D eigenvalue weighted by Gasteiger charge is -2.31. The first-order valence-corrected chi connectivity index (χ1v) is 8.76. The van der Waals surface area contributed by atoms with E-state index in [1.807, 2.05) is 19.4 Å². The summed E-state index contributed by atoms with van der Waals surface area (Å²) in [6, 6.07) is 0.265. The van der Waals surface area contributed by atoms with Gasteiger partial charge < -0.3 is 15.4 Å². The van der Waals surface area contributed by atoms with Crippen molar-refractivity contribution in [1.82, 2.24) is 20.4 Å². The Morgan fingerprint density at radius 1 is 1.46 bits per heavy atom. The van der Waals surface area contributed by atoms with Crippen LogP contribution in [0.15, 0.2) is 12.4 Å². The molecule has 3 heterocycles. The first-order valence-electron chi connectivity index (χ1n) is 8.76. The number of carbonyl (C=O) groups excluding carboxylic acids is 1. The fourth-order valence-electron chi connectivity index (χ4n) is 3.90. The van der Waals surface area contributed by atoms with Gasteiger partial charge in [0, 0.05) is 51.5 Å². The topological polar surface area (TPSA) is 68.2 Å². The summed E-state index contributed by atoms with van der Waals surface area (Å²) in [5.74, 6) is 0.940. The zero-order valence-electron chi connectivity index (χ0n) is 14.5. The van der Waals surface area contributed by atoms with Gasteiger partial charge in [0.2, 0.25) is 5.91 Å². The normalized spacial score (nSPS) is 25.9. The molecule has 6 nitrogen and oxygen atoms in total. The Balaban J connectivity index is 0.00000208. The Kier molecular flexibility index (Phi) is 7.07. The molecule has 2 aliphatic heterocycles. The summed E-state index contributed by atoms with van der Waals surface area (Å²) >= 11 is 0. The molecule has 136 valence electrons. The lowest BCUT2D eigenvalue weighted by atomic mass is 9.87. The molecule has 1 unspecified atom stereocenters. The molecule has 0 saturated carbocycles. The average Bonchev–Trinajstić information content (AvgIpc) is 3.21. The van der Waals surface area contributed by atoms with Gasteiger partial charge in [0.15, 0.2) is 0 Å². The number of ether oxygens (including phenoxy) is 1. The second-order valence-electron chi connectivity index (χ2n) is 6.79. The summed E-state index contributed by atoms with van der Waals surface area (Å²) in [7, 11) is 1.92. The molecule has 0 radical (unpaired) electrons. The molecule has 1 amide bonds. The summed E-state index contributed by atoms with van der Waals surface area (Å²) in [6.07, 6.45) is 6.98. The van der Waals surface area contributed by atoms with Gasteiger partial charge in [-0.05, 0) is 30.7 Å². The van der Waals surface area contributed by atoms with Crippen molar-refractivity contribution >= 4 is 18.3 Å². The molecule has 7 heteroatoms. The number of hydrogen-bond acceptors (Lipinski definition) is 4. The van der Waals surface area contributed by atoms with Crippen LogP contribution in [0.25, 0.3) is 0 Å². The molecule has 2 aliphatic rings. The third kappa shape index (κ3) is 4.29. The van der Waals surface area contributed by atoms with E-state index < -0.39 is 0 Å². The molecule has 0 aliphatic carbocycles. The van der Waals surface area contributed by atoms with E-state index in [0.717, 1.165) is 51.1 Å². The number of amides is 1. The van der Waals surface area contributed by atoms with Gasteiger partial charge in [-0.25, -0.2) is 0 Å². The van der Waals surface area contributed by atoms with E-state index in [1.54, 1.807) is 4.68 Å². The van der Waals surface area contributed by atoms with E-state index in [-0.39, 0.29) is 36.2 Å². The maximum absolute atomic E-state index is 12.8. The predicted molar refractivity (Wildman–Crippen MR) is 95.3 cm³/mol. The van der Waals surface area contributed by atoms with Crippen LogP contribution in [0.1, 0.15) is 37.7 Å². The van der Waals surface area contributed by atoms with Crippen LogP contribution in [0.4, 0.5) is 0 Å². The van der Waals surface area contributed by atoms with Gasteiger partial charge in [-0.15, -0.1) is 12.4 Å². The summed E-state index contributed by atoms with van der Waals surface area (Å²) in [6.45, 7) is 5.39. The standard InChI is InChI=1S/C17H28N4O2.ClH/c1-3-16(12-4-6-23-7-5-12)20-17(22)15-10-18-9-14(15)13-8-19-21(2)11-13;/h8,11-12,14-16,18H,3-7,9-10H2,1-2H3,(H,20,22);1H/t14-,15+,16?;/m1./s1. The van der Waals surface area contributed by atoms with Crippen molar-refractivity contribution in [3.63, 3.8) is 0 Å². The molecular weight excluding hydrogens is 328 g/mol. The fourth-order valence-corrected chi connectivity index (χ4v) is 3.90. The maximum atomic E-state index is 12.8. The largest absolute Gasteiger partial charge is 0.381 e. The predicted octanol–water partition coefficient (Wildman–Crippen LogP) is 1.47. The molecule has 1 aromatic rings. The first kappa shape index (κ1) is 19.2. The van der Waals surface area contributed by atoms with Crippen LogP contribution in [-0.2, 0) is 16.6 Å². The second kappa shape index (κ2) is 8.83. The Morgan fingerprint density at radius 3 is 2.83 bits per heavy atom. The van der Waals surface area contributed by atoms with Crippen LogP contribution < -0.4 is 10.6 Å². The molecule has 0 bridgehead atoms. The number of halogens is 1. The van der Waals surface area contributed by atoms with Crippen molar-refractivity contribution in [2.24, 2.45) is 18.9 Å². The summed E-state index contributed by atoms with van der Waals surface area (Å²) in [5.41, 5.74) is 1.15. The van der Waals surface area contributed by atoms with E-state index >= 15 is 0 Å². The van der Waals surface area contributed by atoms with E-state index in [0.29, 0.717) is 5.92 Å². The SMILES string of the molecule is CCC(NC(=O)[C@H]1CNC[C@@H]1c1cnn(C)c1)C1CCOCC1.Cl. The number of carbonyl (C=O) groups is 1. The van der Waals surface area contributed by atoms with Crippen molar-refractivity contribution in [3.8, 4) is 0 Å². The van der Waals surface area contributed by atoms with Crippen molar-refractivity contribution < 1.29 is 9.53 Å². The Labute approximate surface area is 150 Å². The lowest BCUT2D eigenvalue weighted by Crippen LogP contribution is -2.45. The highest BCUT2D eigenvalue weighted by Gasteiger charge is 2.36. The molecule has 2 saturated heterocycles. The van der Waals surface area contributed by atoms with E-state index in [1.165, 1.54) is 0 Å². The number of nitrogens with zero attached hydrogens (tertiary/aromatic N) is 2. The highest BCUT2D eigenvalue weighted by Crippen LogP contribution is 2.29. The first-order chi connectivity index (χ1) is 11.2. The number of rotatable bonds is 5. The number of hydrogen-bond donors (Lipinski definition) is 2. The molecule has 2 fully saturated rings. The smallest absolute Gasteiger partial charge is 0.225 e. The van der Waals surface area contributed by atoms with Crippen molar-refractivity contribution in [2.45, 2.75) is 38.1 Å². The molecule has 3 rings (SSSR count). The van der Waals surface area contributed by atoms with E-state index in [2.05, 4.69) is 22.7 Å². The van der Waals surface area contributed by atoms with Gasteiger partial charge in [-0.1, -0.05) is 6.92 Å².